The van der Waals surface area contributed by atoms with Crippen molar-refractivity contribution in [1.82, 2.24) is 4.98 Å². The van der Waals surface area contributed by atoms with Gasteiger partial charge in [0, 0.05) is 11.9 Å². The molecule has 126 valence electrons. The highest BCUT2D eigenvalue weighted by Gasteiger charge is 2.15. The molecule has 3 N–H and O–H groups in total. The highest BCUT2D eigenvalue weighted by atomic mass is 35.5. The second kappa shape index (κ2) is 7.39. The molecule has 0 aliphatic carbocycles. The van der Waals surface area contributed by atoms with Crippen LogP contribution < -0.4 is 10.5 Å². The zero-order valence-electron chi connectivity index (χ0n) is 12.1. The van der Waals surface area contributed by atoms with Crippen LogP contribution in [0.5, 0.6) is 0 Å². The molecular formula is C14H12ClN3O5S. The SMILES string of the molecule is NS(=O)(=O)c1cccc(NC(=O)COC(=O)c2cccnc2Cl)c1. The van der Waals surface area contributed by atoms with E-state index in [1.165, 1.54) is 42.6 Å². The Labute approximate surface area is 142 Å². The van der Waals surface area contributed by atoms with E-state index >= 15 is 0 Å². The van der Waals surface area contributed by atoms with Gasteiger partial charge in [-0.25, -0.2) is 23.3 Å². The van der Waals surface area contributed by atoms with Crippen molar-refractivity contribution in [2.75, 3.05) is 11.9 Å². The number of nitrogens with two attached hydrogens (primary N) is 1. The highest BCUT2D eigenvalue weighted by molar-refractivity contribution is 7.89. The van der Waals surface area contributed by atoms with Crippen molar-refractivity contribution in [2.24, 2.45) is 5.14 Å². The number of halogens is 1. The zero-order valence-corrected chi connectivity index (χ0v) is 13.7. The Morgan fingerprint density at radius 3 is 2.67 bits per heavy atom. The van der Waals surface area contributed by atoms with Crippen LogP contribution in [0.3, 0.4) is 0 Å². The van der Waals surface area contributed by atoms with Gasteiger partial charge in [-0.1, -0.05) is 17.7 Å². The molecule has 2 rings (SSSR count). The largest absolute Gasteiger partial charge is 0.452 e. The first kappa shape index (κ1) is 17.9. The maximum Gasteiger partial charge on any atom is 0.341 e. The highest BCUT2D eigenvalue weighted by Crippen LogP contribution is 2.15. The lowest BCUT2D eigenvalue weighted by Gasteiger charge is -2.08. The molecule has 1 aromatic heterocycles. The van der Waals surface area contributed by atoms with Crippen molar-refractivity contribution in [1.29, 1.82) is 0 Å². The second-order valence-corrected chi connectivity index (χ2v) is 6.46. The first-order valence-corrected chi connectivity index (χ1v) is 8.40. The molecule has 0 aliphatic heterocycles. The smallest absolute Gasteiger partial charge is 0.341 e. The number of hydrogen-bond acceptors (Lipinski definition) is 6. The minimum atomic E-state index is -3.89. The fraction of sp³-hybridized carbons (Fsp3) is 0.0714. The predicted molar refractivity (Wildman–Crippen MR) is 86.0 cm³/mol. The van der Waals surface area contributed by atoms with Gasteiger partial charge in [-0.15, -0.1) is 0 Å². The Morgan fingerprint density at radius 1 is 1.25 bits per heavy atom. The lowest BCUT2D eigenvalue weighted by Crippen LogP contribution is -2.21. The fourth-order valence-electron chi connectivity index (χ4n) is 1.70. The Morgan fingerprint density at radius 2 is 2.00 bits per heavy atom. The number of amides is 1. The van der Waals surface area contributed by atoms with Gasteiger partial charge in [-0.05, 0) is 30.3 Å². The van der Waals surface area contributed by atoms with E-state index in [9.17, 15) is 18.0 Å². The van der Waals surface area contributed by atoms with Crippen LogP contribution in [-0.4, -0.2) is 31.9 Å². The molecule has 0 fully saturated rings. The molecule has 1 aromatic carbocycles. The summed E-state index contributed by atoms with van der Waals surface area (Å²) >= 11 is 5.74. The van der Waals surface area contributed by atoms with Crippen LogP contribution in [0.4, 0.5) is 5.69 Å². The standard InChI is InChI=1S/C14H12ClN3O5S/c15-13-11(5-2-6-17-13)14(20)23-8-12(19)18-9-3-1-4-10(7-9)24(16,21)22/h1-7H,8H2,(H,18,19)(H2,16,21,22). The normalized spacial score (nSPS) is 10.9. The lowest BCUT2D eigenvalue weighted by molar-refractivity contribution is -0.119. The molecule has 0 aliphatic rings. The van der Waals surface area contributed by atoms with Crippen LogP contribution in [0.2, 0.25) is 5.15 Å². The first-order valence-electron chi connectivity index (χ1n) is 6.48. The zero-order chi connectivity index (χ0) is 17.7. The number of carbonyl (C=O) groups excluding carboxylic acids is 2. The summed E-state index contributed by atoms with van der Waals surface area (Å²) in [5, 5.41) is 7.36. The van der Waals surface area contributed by atoms with Crippen LogP contribution in [0.1, 0.15) is 10.4 Å². The number of aromatic nitrogens is 1. The summed E-state index contributed by atoms with van der Waals surface area (Å²) in [6.07, 6.45) is 1.41. The third-order valence-corrected chi connectivity index (χ3v) is 3.97. The quantitative estimate of drug-likeness (QED) is 0.601. The van der Waals surface area contributed by atoms with Crippen LogP contribution in [0.15, 0.2) is 47.5 Å². The summed E-state index contributed by atoms with van der Waals surface area (Å²) in [5.41, 5.74) is 0.227. The summed E-state index contributed by atoms with van der Waals surface area (Å²) in [6.45, 7) is -0.580. The molecule has 0 radical (unpaired) electrons. The Kier molecular flexibility index (Phi) is 5.50. The van der Waals surface area contributed by atoms with Crippen LogP contribution in [-0.2, 0) is 19.6 Å². The van der Waals surface area contributed by atoms with Crippen molar-refractivity contribution >= 4 is 39.2 Å². The van der Waals surface area contributed by atoms with E-state index in [1.807, 2.05) is 0 Å². The second-order valence-electron chi connectivity index (χ2n) is 4.54. The number of anilines is 1. The number of rotatable bonds is 5. The number of sulfonamides is 1. The third-order valence-electron chi connectivity index (χ3n) is 2.76. The van der Waals surface area contributed by atoms with E-state index in [4.69, 9.17) is 21.5 Å². The summed E-state index contributed by atoms with van der Waals surface area (Å²) in [6, 6.07) is 8.26. The number of hydrogen-bond donors (Lipinski definition) is 2. The summed E-state index contributed by atoms with van der Waals surface area (Å²) < 4.78 is 27.3. The van der Waals surface area contributed by atoms with Crippen molar-refractivity contribution < 1.29 is 22.7 Å². The first-order chi connectivity index (χ1) is 11.3. The molecule has 0 atom stereocenters. The molecule has 0 bridgehead atoms. The van der Waals surface area contributed by atoms with Crippen molar-refractivity contribution in [2.45, 2.75) is 4.90 Å². The molecular weight excluding hydrogens is 358 g/mol. The molecule has 0 saturated heterocycles. The maximum atomic E-state index is 11.8. The van der Waals surface area contributed by atoms with E-state index in [2.05, 4.69) is 10.3 Å². The van der Waals surface area contributed by atoms with Gasteiger partial charge in [0.1, 0.15) is 5.15 Å². The van der Waals surface area contributed by atoms with E-state index in [0.717, 1.165) is 0 Å². The minimum absolute atomic E-state index is 0.0307. The molecule has 0 saturated carbocycles. The average molecular weight is 370 g/mol. The molecule has 0 unspecified atom stereocenters. The van der Waals surface area contributed by atoms with Crippen molar-refractivity contribution in [3.05, 3.63) is 53.3 Å². The van der Waals surface area contributed by atoms with Crippen LogP contribution in [0, 0.1) is 0 Å². The van der Waals surface area contributed by atoms with E-state index < -0.39 is 28.5 Å². The predicted octanol–water partition coefficient (Wildman–Crippen LogP) is 1.18. The van der Waals surface area contributed by atoms with Gasteiger partial charge in [0.2, 0.25) is 10.0 Å². The summed E-state index contributed by atoms with van der Waals surface area (Å²) in [7, 11) is -3.89. The average Bonchev–Trinajstić information content (AvgIpc) is 2.52. The van der Waals surface area contributed by atoms with Gasteiger partial charge in [-0.2, -0.15) is 0 Å². The van der Waals surface area contributed by atoms with Gasteiger partial charge < -0.3 is 10.1 Å². The number of pyridine rings is 1. The van der Waals surface area contributed by atoms with Crippen molar-refractivity contribution in [3.63, 3.8) is 0 Å². The molecule has 8 nitrogen and oxygen atoms in total. The van der Waals surface area contributed by atoms with Gasteiger partial charge in [0.25, 0.3) is 5.91 Å². The molecule has 1 amide bonds. The summed E-state index contributed by atoms with van der Waals surface area (Å²) in [4.78, 5) is 27.1. The maximum absolute atomic E-state index is 11.8. The van der Waals surface area contributed by atoms with Crippen LogP contribution in [0.25, 0.3) is 0 Å². The van der Waals surface area contributed by atoms with Gasteiger partial charge in [-0.3, -0.25) is 4.79 Å². The van der Waals surface area contributed by atoms with E-state index in [1.54, 1.807) is 0 Å². The lowest BCUT2D eigenvalue weighted by atomic mass is 10.3. The number of esters is 1. The molecule has 10 heteroatoms. The number of primary sulfonamides is 1. The Bertz CT molecular complexity index is 885. The van der Waals surface area contributed by atoms with Gasteiger partial charge in [0.05, 0.1) is 10.5 Å². The number of benzene rings is 1. The monoisotopic (exact) mass is 369 g/mol. The number of nitrogens with one attached hydrogen (secondary N) is 1. The number of nitrogens with zero attached hydrogens (tertiary/aromatic N) is 1. The Balaban J connectivity index is 1.97. The minimum Gasteiger partial charge on any atom is -0.452 e. The summed E-state index contributed by atoms with van der Waals surface area (Å²) in [5.74, 6) is -1.46. The fourth-order valence-corrected chi connectivity index (χ4v) is 2.45. The Hall–Kier alpha value is -2.49. The van der Waals surface area contributed by atoms with Gasteiger partial charge in [0.15, 0.2) is 6.61 Å². The van der Waals surface area contributed by atoms with Crippen LogP contribution >= 0.6 is 11.6 Å². The van der Waals surface area contributed by atoms with Crippen molar-refractivity contribution in [3.8, 4) is 0 Å². The number of carbonyl (C=O) groups is 2. The topological polar surface area (TPSA) is 128 Å². The third kappa shape index (κ3) is 4.75. The molecule has 0 spiro atoms. The molecule has 24 heavy (non-hydrogen) atoms. The van der Waals surface area contributed by atoms with E-state index in [-0.39, 0.29) is 21.3 Å². The number of ether oxygens (including phenoxy) is 1. The molecule has 1 heterocycles. The van der Waals surface area contributed by atoms with Gasteiger partial charge >= 0.3 is 5.97 Å². The molecule has 2 aromatic rings. The van der Waals surface area contributed by atoms with E-state index in [0.29, 0.717) is 0 Å².